The van der Waals surface area contributed by atoms with E-state index in [1.54, 1.807) is 12.1 Å². The minimum Gasteiger partial charge on any atom is -0.345 e. The van der Waals surface area contributed by atoms with E-state index in [4.69, 9.17) is 12.2 Å². The molecule has 3 aromatic carbocycles. The number of fused-ring (bicyclic) bond motifs is 1. The average Bonchev–Trinajstić information content (AvgIpc) is 3.11. The van der Waals surface area contributed by atoms with Gasteiger partial charge in [0.1, 0.15) is 0 Å². The Morgan fingerprint density at radius 2 is 1.80 bits per heavy atom. The van der Waals surface area contributed by atoms with Gasteiger partial charge in [-0.25, -0.2) is 0 Å². The van der Waals surface area contributed by atoms with Gasteiger partial charge in [0.15, 0.2) is 10.6 Å². The molecule has 0 spiro atoms. The van der Waals surface area contributed by atoms with Gasteiger partial charge in [0.25, 0.3) is 5.91 Å². The number of alkyl halides is 3. The third-order valence-corrected chi connectivity index (χ3v) is 4.89. The molecule has 0 fully saturated rings. The summed E-state index contributed by atoms with van der Waals surface area (Å²) in [5.41, 5.74) is -0.0975. The van der Waals surface area contributed by atoms with Crippen LogP contribution in [0.1, 0.15) is 21.7 Å². The van der Waals surface area contributed by atoms with Gasteiger partial charge in [-0.1, -0.05) is 42.5 Å². The van der Waals surface area contributed by atoms with Crippen LogP contribution in [0.3, 0.4) is 0 Å². The summed E-state index contributed by atoms with van der Waals surface area (Å²) in [7, 11) is 0. The summed E-state index contributed by atoms with van der Waals surface area (Å²) in [6.45, 7) is -0.0224. The Morgan fingerprint density at radius 1 is 1.07 bits per heavy atom. The van der Waals surface area contributed by atoms with Crippen molar-refractivity contribution in [3.05, 3.63) is 88.5 Å². The molecule has 0 saturated carbocycles. The van der Waals surface area contributed by atoms with Crippen LogP contribution in [-0.2, 0) is 12.7 Å². The van der Waals surface area contributed by atoms with Crippen LogP contribution in [0, 0.1) is 4.77 Å². The topological polar surface area (TPSA) is 62.7 Å². The number of hydrogen-bond acceptors (Lipinski definition) is 3. The van der Waals surface area contributed by atoms with E-state index in [-0.39, 0.29) is 28.7 Å². The lowest BCUT2D eigenvalue weighted by atomic mass is 10.0. The van der Waals surface area contributed by atoms with E-state index >= 15 is 0 Å². The largest absolute Gasteiger partial charge is 0.416 e. The standard InChI is InChI=1S/C21H15F3N4OS/c22-21(23,24)14-7-4-8-15(11-14)28-18(26-27-20(28)30)12-25-19(29)17-10-3-6-13-5-1-2-9-16(13)17/h1-11H,12H2,(H,25,29)(H,27,30). The Morgan fingerprint density at radius 3 is 2.60 bits per heavy atom. The number of carbonyl (C=O) groups is 1. The van der Waals surface area contributed by atoms with Crippen LogP contribution in [0.2, 0.25) is 0 Å². The molecule has 0 aliphatic heterocycles. The van der Waals surface area contributed by atoms with E-state index in [2.05, 4.69) is 15.5 Å². The summed E-state index contributed by atoms with van der Waals surface area (Å²) in [5, 5.41) is 11.1. The number of aromatic amines is 1. The maximum atomic E-state index is 13.1. The van der Waals surface area contributed by atoms with Gasteiger partial charge in [0.05, 0.1) is 17.8 Å². The van der Waals surface area contributed by atoms with Crippen LogP contribution in [-0.4, -0.2) is 20.7 Å². The smallest absolute Gasteiger partial charge is 0.345 e. The highest BCUT2D eigenvalue weighted by Gasteiger charge is 2.30. The van der Waals surface area contributed by atoms with Crippen molar-refractivity contribution < 1.29 is 18.0 Å². The molecule has 0 saturated heterocycles. The lowest BCUT2D eigenvalue weighted by Gasteiger charge is -2.12. The number of hydrogen-bond donors (Lipinski definition) is 2. The second-order valence-electron chi connectivity index (χ2n) is 6.54. The van der Waals surface area contributed by atoms with E-state index in [0.717, 1.165) is 22.9 Å². The fourth-order valence-electron chi connectivity index (χ4n) is 3.21. The number of halogens is 3. The fourth-order valence-corrected chi connectivity index (χ4v) is 3.47. The zero-order valence-corrected chi connectivity index (χ0v) is 16.2. The van der Waals surface area contributed by atoms with Crippen LogP contribution >= 0.6 is 12.2 Å². The van der Waals surface area contributed by atoms with Gasteiger partial charge in [0.2, 0.25) is 0 Å². The number of nitrogens with one attached hydrogen (secondary N) is 2. The molecule has 9 heteroatoms. The summed E-state index contributed by atoms with van der Waals surface area (Å²) in [4.78, 5) is 12.7. The second-order valence-corrected chi connectivity index (χ2v) is 6.92. The highest BCUT2D eigenvalue weighted by atomic mass is 32.1. The second kappa shape index (κ2) is 7.75. The van der Waals surface area contributed by atoms with Gasteiger partial charge in [-0.15, -0.1) is 0 Å². The summed E-state index contributed by atoms with van der Waals surface area (Å²) < 4.78 is 40.7. The fraction of sp³-hybridized carbons (Fsp3) is 0.0952. The number of benzene rings is 3. The van der Waals surface area contributed by atoms with Crippen molar-refractivity contribution >= 4 is 28.9 Å². The third kappa shape index (κ3) is 3.84. The van der Waals surface area contributed by atoms with Crippen LogP contribution < -0.4 is 5.32 Å². The zero-order chi connectivity index (χ0) is 21.3. The van der Waals surface area contributed by atoms with Gasteiger partial charge in [-0.05, 0) is 47.3 Å². The summed E-state index contributed by atoms with van der Waals surface area (Å²) in [5.74, 6) is -0.0378. The predicted octanol–water partition coefficient (Wildman–Crippen LogP) is 5.03. The maximum Gasteiger partial charge on any atom is 0.416 e. The molecule has 0 aliphatic rings. The molecule has 0 atom stereocenters. The van der Waals surface area contributed by atoms with E-state index in [1.807, 2.05) is 30.3 Å². The van der Waals surface area contributed by atoms with Gasteiger partial charge in [-0.3, -0.25) is 14.5 Å². The van der Waals surface area contributed by atoms with Crippen LogP contribution in [0.5, 0.6) is 0 Å². The Balaban J connectivity index is 1.62. The average molecular weight is 428 g/mol. The minimum absolute atomic E-state index is 0.0224. The number of H-pyrrole nitrogens is 1. The summed E-state index contributed by atoms with van der Waals surface area (Å²) >= 11 is 5.18. The van der Waals surface area contributed by atoms with Crippen molar-refractivity contribution in [2.45, 2.75) is 12.7 Å². The zero-order valence-electron chi connectivity index (χ0n) is 15.4. The molecule has 1 aromatic heterocycles. The van der Waals surface area contributed by atoms with E-state index in [1.165, 1.54) is 16.7 Å². The maximum absolute atomic E-state index is 13.1. The summed E-state index contributed by atoms with van der Waals surface area (Å²) in [6, 6.07) is 17.7. The van der Waals surface area contributed by atoms with Crippen molar-refractivity contribution in [3.8, 4) is 5.69 Å². The molecule has 1 heterocycles. The van der Waals surface area contributed by atoms with Gasteiger partial charge in [0, 0.05) is 5.56 Å². The van der Waals surface area contributed by atoms with Crippen LogP contribution in [0.4, 0.5) is 13.2 Å². The monoisotopic (exact) mass is 428 g/mol. The molecular weight excluding hydrogens is 413 g/mol. The molecule has 4 rings (SSSR count). The van der Waals surface area contributed by atoms with Crippen LogP contribution in [0.15, 0.2) is 66.7 Å². The van der Waals surface area contributed by atoms with Crippen molar-refractivity contribution in [1.29, 1.82) is 0 Å². The lowest BCUT2D eigenvalue weighted by molar-refractivity contribution is -0.137. The molecule has 30 heavy (non-hydrogen) atoms. The first kappa shape index (κ1) is 19.8. The molecule has 152 valence electrons. The summed E-state index contributed by atoms with van der Waals surface area (Å²) in [6.07, 6.45) is -4.48. The lowest BCUT2D eigenvalue weighted by Crippen LogP contribution is -2.25. The molecule has 0 radical (unpaired) electrons. The van der Waals surface area contributed by atoms with E-state index in [0.29, 0.717) is 5.56 Å². The number of amides is 1. The Labute approximate surface area is 174 Å². The SMILES string of the molecule is O=C(NCc1n[nH]c(=S)n1-c1cccc(C(F)(F)F)c1)c1cccc2ccccc12. The van der Waals surface area contributed by atoms with E-state index < -0.39 is 11.7 Å². The normalized spacial score (nSPS) is 11.6. The van der Waals surface area contributed by atoms with Crippen LogP contribution in [0.25, 0.3) is 16.5 Å². The van der Waals surface area contributed by atoms with Gasteiger partial charge < -0.3 is 5.32 Å². The minimum atomic E-state index is -4.48. The van der Waals surface area contributed by atoms with Crippen molar-refractivity contribution in [2.24, 2.45) is 0 Å². The first-order chi connectivity index (χ1) is 14.3. The number of carbonyl (C=O) groups excluding carboxylic acids is 1. The van der Waals surface area contributed by atoms with Gasteiger partial charge >= 0.3 is 6.18 Å². The van der Waals surface area contributed by atoms with Crippen molar-refractivity contribution in [3.63, 3.8) is 0 Å². The molecule has 2 N–H and O–H groups in total. The molecule has 0 unspecified atom stereocenters. The van der Waals surface area contributed by atoms with Gasteiger partial charge in [-0.2, -0.15) is 18.3 Å². The molecular formula is C21H15F3N4OS. The molecule has 5 nitrogen and oxygen atoms in total. The Kier molecular flexibility index (Phi) is 5.13. The number of aromatic nitrogens is 3. The highest BCUT2D eigenvalue weighted by molar-refractivity contribution is 7.71. The molecule has 4 aromatic rings. The highest BCUT2D eigenvalue weighted by Crippen LogP contribution is 2.30. The Bertz CT molecular complexity index is 1290. The quantitative estimate of drug-likeness (QED) is 0.448. The first-order valence-electron chi connectivity index (χ1n) is 8.94. The number of nitrogens with zero attached hydrogens (tertiary/aromatic N) is 2. The molecule has 0 bridgehead atoms. The predicted molar refractivity (Wildman–Crippen MR) is 109 cm³/mol. The Hall–Kier alpha value is -3.46. The van der Waals surface area contributed by atoms with Crippen molar-refractivity contribution in [1.82, 2.24) is 20.1 Å². The van der Waals surface area contributed by atoms with E-state index in [9.17, 15) is 18.0 Å². The van der Waals surface area contributed by atoms with Crippen molar-refractivity contribution in [2.75, 3.05) is 0 Å². The molecule has 0 aliphatic carbocycles. The first-order valence-corrected chi connectivity index (χ1v) is 9.35. The number of rotatable bonds is 4. The third-order valence-electron chi connectivity index (χ3n) is 4.61. The molecule has 1 amide bonds.